The smallest absolute Gasteiger partial charge is 0.463 e. The molecule has 1 aromatic carbocycles. The molecule has 0 bridgehead atoms. The highest BCUT2D eigenvalue weighted by molar-refractivity contribution is 7.79. The predicted molar refractivity (Wildman–Crippen MR) is 115 cm³/mol. The Labute approximate surface area is 181 Å². The number of rotatable bonds is 5. The van der Waals surface area contributed by atoms with Crippen LogP contribution in [0.25, 0.3) is 0 Å². The molecule has 0 amide bonds. The van der Waals surface area contributed by atoms with E-state index in [-0.39, 0.29) is 12.0 Å². The van der Waals surface area contributed by atoms with E-state index in [1.807, 2.05) is 24.3 Å². The number of alkyl halides is 3. The fraction of sp³-hybridized carbons (Fsp3) is 0.150. The average Bonchev–Trinajstić information content (AvgIpc) is 3.19. The molecule has 0 saturated heterocycles. The van der Waals surface area contributed by atoms with Crippen molar-refractivity contribution in [3.8, 4) is 11.5 Å². The Morgan fingerprint density at radius 3 is 2.55 bits per heavy atom. The maximum atomic E-state index is 11.7. The number of thiocarbonyl (C=S) groups is 1. The van der Waals surface area contributed by atoms with Gasteiger partial charge in [0.15, 0.2) is 17.8 Å². The van der Waals surface area contributed by atoms with Gasteiger partial charge < -0.3 is 25.4 Å². The van der Waals surface area contributed by atoms with Crippen molar-refractivity contribution in [3.05, 3.63) is 66.5 Å². The van der Waals surface area contributed by atoms with E-state index in [1.54, 1.807) is 19.4 Å². The first-order valence-electron chi connectivity index (χ1n) is 8.96. The zero-order valence-electron chi connectivity index (χ0n) is 16.2. The van der Waals surface area contributed by atoms with Crippen LogP contribution in [0.3, 0.4) is 0 Å². The van der Waals surface area contributed by atoms with Gasteiger partial charge in [0.2, 0.25) is 0 Å². The number of nitrogens with zero attached hydrogens (tertiary/aromatic N) is 2. The van der Waals surface area contributed by atoms with Gasteiger partial charge in [0.05, 0.1) is 5.49 Å². The van der Waals surface area contributed by atoms with Crippen molar-refractivity contribution in [1.29, 1.82) is 0 Å². The van der Waals surface area contributed by atoms with Gasteiger partial charge in [-0.3, -0.25) is 0 Å². The maximum Gasteiger partial charge on any atom is 0.573 e. The van der Waals surface area contributed by atoms with Gasteiger partial charge in [-0.05, 0) is 48.5 Å². The Bertz CT molecular complexity index is 993. The van der Waals surface area contributed by atoms with Gasteiger partial charge in [0.1, 0.15) is 11.6 Å². The van der Waals surface area contributed by atoms with Crippen LogP contribution in [-0.4, -0.2) is 28.9 Å². The van der Waals surface area contributed by atoms with Crippen molar-refractivity contribution in [2.45, 2.75) is 12.6 Å². The van der Waals surface area contributed by atoms with Crippen LogP contribution in [0.1, 0.15) is 11.8 Å². The van der Waals surface area contributed by atoms with Gasteiger partial charge in [0.25, 0.3) is 0 Å². The summed E-state index contributed by atoms with van der Waals surface area (Å²) in [6.45, 7) is 0. The average molecular weight is 449 g/mol. The second kappa shape index (κ2) is 9.94. The third-order valence-electron chi connectivity index (χ3n) is 3.95. The molecule has 3 aromatic rings. The van der Waals surface area contributed by atoms with Crippen molar-refractivity contribution < 1.29 is 22.6 Å². The second-order valence-corrected chi connectivity index (χ2v) is 6.29. The molecule has 0 aliphatic carbocycles. The lowest BCUT2D eigenvalue weighted by atomic mass is 10.2. The summed E-state index contributed by atoms with van der Waals surface area (Å²) in [6, 6.07) is 13.0. The normalized spacial score (nSPS) is 14.1. The Balaban J connectivity index is 0.000000187. The van der Waals surface area contributed by atoms with Crippen molar-refractivity contribution in [2.75, 3.05) is 23.0 Å². The standard InChI is InChI=1S/C12H10N4OS.C8H8F3NO/c18-7-15-10-6-8(3-5-13-10)12-16-11-9(17-12)2-1-4-14-11;1-12-6-2-4-7(5-3-6)13-8(9,10)11/h1-7,12H,(H,14,16)(H,13,15,18);2-5,12H,1H3. The highest BCUT2D eigenvalue weighted by Crippen LogP contribution is 2.35. The van der Waals surface area contributed by atoms with Gasteiger partial charge in [-0.15, -0.1) is 13.2 Å². The Morgan fingerprint density at radius 2 is 1.90 bits per heavy atom. The van der Waals surface area contributed by atoms with Crippen LogP contribution in [0.4, 0.5) is 30.5 Å². The number of aromatic nitrogens is 2. The quantitative estimate of drug-likeness (QED) is 0.471. The summed E-state index contributed by atoms with van der Waals surface area (Å²) in [5.41, 5.74) is 3.11. The van der Waals surface area contributed by atoms with Crippen molar-refractivity contribution in [3.63, 3.8) is 0 Å². The highest BCUT2D eigenvalue weighted by Gasteiger charge is 2.30. The molecule has 0 fully saturated rings. The summed E-state index contributed by atoms with van der Waals surface area (Å²) in [5.74, 6) is 1.98. The molecule has 7 nitrogen and oxygen atoms in total. The van der Waals surface area contributed by atoms with E-state index in [0.717, 1.165) is 22.8 Å². The van der Waals surface area contributed by atoms with E-state index in [9.17, 15) is 13.2 Å². The van der Waals surface area contributed by atoms with Crippen LogP contribution in [0.15, 0.2) is 60.9 Å². The molecule has 0 saturated carbocycles. The fourth-order valence-electron chi connectivity index (χ4n) is 2.60. The molecule has 31 heavy (non-hydrogen) atoms. The van der Waals surface area contributed by atoms with Crippen LogP contribution in [0.2, 0.25) is 0 Å². The minimum absolute atomic E-state index is 0.216. The van der Waals surface area contributed by atoms with E-state index in [4.69, 9.17) is 17.0 Å². The number of hydrogen-bond donors (Lipinski definition) is 3. The molecule has 1 aliphatic rings. The zero-order valence-corrected chi connectivity index (χ0v) is 17.0. The fourth-order valence-corrected chi connectivity index (χ4v) is 2.72. The topological polar surface area (TPSA) is 80.3 Å². The molecule has 162 valence electrons. The zero-order chi connectivity index (χ0) is 22.3. The lowest BCUT2D eigenvalue weighted by molar-refractivity contribution is -0.274. The number of anilines is 3. The lowest BCUT2D eigenvalue weighted by Gasteiger charge is -2.11. The van der Waals surface area contributed by atoms with Crippen LogP contribution in [-0.2, 0) is 0 Å². The molecule has 3 N–H and O–H groups in total. The first kappa shape index (κ1) is 22.1. The molecule has 3 heterocycles. The van der Waals surface area contributed by atoms with Gasteiger partial charge in [-0.2, -0.15) is 0 Å². The molecule has 11 heteroatoms. The molecule has 0 radical (unpaired) electrons. The number of pyridine rings is 2. The van der Waals surface area contributed by atoms with Crippen LogP contribution in [0, 0.1) is 0 Å². The van der Waals surface area contributed by atoms with Gasteiger partial charge in [-0.1, -0.05) is 12.2 Å². The summed E-state index contributed by atoms with van der Waals surface area (Å²) in [7, 11) is 1.68. The number of benzene rings is 1. The minimum atomic E-state index is -4.62. The van der Waals surface area contributed by atoms with Gasteiger partial charge in [-0.25, -0.2) is 9.97 Å². The summed E-state index contributed by atoms with van der Waals surface area (Å²) in [6.07, 6.45) is -1.44. The summed E-state index contributed by atoms with van der Waals surface area (Å²) in [5, 5.41) is 8.85. The van der Waals surface area contributed by atoms with E-state index in [1.165, 1.54) is 29.8 Å². The largest absolute Gasteiger partial charge is 0.573 e. The number of halogens is 3. The first-order valence-corrected chi connectivity index (χ1v) is 9.43. The second-order valence-electron chi connectivity index (χ2n) is 6.05. The van der Waals surface area contributed by atoms with E-state index in [0.29, 0.717) is 5.82 Å². The van der Waals surface area contributed by atoms with Crippen molar-refractivity contribution in [2.24, 2.45) is 0 Å². The van der Waals surface area contributed by atoms with Gasteiger partial charge >= 0.3 is 6.36 Å². The van der Waals surface area contributed by atoms with Gasteiger partial charge in [0, 0.05) is 30.7 Å². The molecule has 2 aromatic heterocycles. The summed E-state index contributed by atoms with van der Waals surface area (Å²) < 4.78 is 44.5. The first-order chi connectivity index (χ1) is 14.9. The highest BCUT2D eigenvalue weighted by atomic mass is 32.1. The molecule has 1 aliphatic heterocycles. The Hall–Kier alpha value is -3.60. The van der Waals surface area contributed by atoms with Crippen LogP contribution < -0.4 is 25.4 Å². The van der Waals surface area contributed by atoms with E-state index in [2.05, 4.69) is 30.7 Å². The van der Waals surface area contributed by atoms with E-state index >= 15 is 0 Å². The third kappa shape index (κ3) is 6.44. The minimum Gasteiger partial charge on any atom is -0.463 e. The SMILES string of the molecule is CNc1ccc(OC(F)(F)F)cc1.S=CNc1cc(C2Nc3ncccc3O2)ccn1. The number of nitrogens with one attached hydrogen (secondary N) is 3. The summed E-state index contributed by atoms with van der Waals surface area (Å²) >= 11 is 4.74. The van der Waals surface area contributed by atoms with E-state index < -0.39 is 6.36 Å². The van der Waals surface area contributed by atoms with Crippen LogP contribution >= 0.6 is 12.2 Å². The molecule has 1 atom stereocenters. The molecule has 4 rings (SSSR count). The van der Waals surface area contributed by atoms with Crippen LogP contribution in [0.5, 0.6) is 11.5 Å². The lowest BCUT2D eigenvalue weighted by Crippen LogP contribution is -2.16. The van der Waals surface area contributed by atoms with Crippen molar-refractivity contribution >= 4 is 35.0 Å². The maximum absolute atomic E-state index is 11.7. The van der Waals surface area contributed by atoms with Crippen molar-refractivity contribution in [1.82, 2.24) is 9.97 Å². The predicted octanol–water partition coefficient (Wildman–Crippen LogP) is 4.98. The monoisotopic (exact) mass is 449 g/mol. The molecular formula is C20H18F3N5O2S. The number of hydrogen-bond acceptors (Lipinski definition) is 7. The Morgan fingerprint density at radius 1 is 1.13 bits per heavy atom. The molecule has 0 spiro atoms. The Kier molecular flexibility index (Phi) is 7.08. The summed E-state index contributed by atoms with van der Waals surface area (Å²) in [4.78, 5) is 8.35. The molecule has 1 unspecified atom stereocenters. The third-order valence-corrected chi connectivity index (χ3v) is 4.07. The molecular weight excluding hydrogens is 431 g/mol. The number of ether oxygens (including phenoxy) is 2. The number of fused-ring (bicyclic) bond motifs is 1.